The Hall–Kier alpha value is -2.28. The average Bonchev–Trinajstić information content (AvgIpc) is 2.37. The highest BCUT2D eigenvalue weighted by Gasteiger charge is 2.06. The first-order chi connectivity index (χ1) is 8.59. The quantitative estimate of drug-likeness (QED) is 0.494. The fourth-order valence-electron chi connectivity index (χ4n) is 1.37. The zero-order valence-corrected chi connectivity index (χ0v) is 10.4. The molecule has 1 aromatic heterocycles. The lowest BCUT2D eigenvalue weighted by molar-refractivity contribution is 0.849. The first-order valence-electron chi connectivity index (χ1n) is 5.17. The molecule has 92 valence electrons. The van der Waals surface area contributed by atoms with Gasteiger partial charge in [0.25, 0.3) is 0 Å². The Morgan fingerprint density at radius 2 is 1.94 bits per heavy atom. The molecule has 6 nitrogen and oxygen atoms in total. The molecule has 7 heteroatoms. The van der Waals surface area contributed by atoms with Gasteiger partial charge in [-0.2, -0.15) is 9.79 Å². The molecule has 0 bridgehead atoms. The summed E-state index contributed by atoms with van der Waals surface area (Å²) >= 11 is 4.88. The molecule has 18 heavy (non-hydrogen) atoms. The molecule has 0 spiro atoms. The monoisotopic (exact) mass is 261 g/mol. The molecule has 0 saturated carbocycles. The van der Waals surface area contributed by atoms with Crippen molar-refractivity contribution in [2.24, 2.45) is 10.2 Å². The van der Waals surface area contributed by atoms with Crippen molar-refractivity contribution in [1.29, 1.82) is 0 Å². The Morgan fingerprint density at radius 3 is 2.61 bits per heavy atom. The number of benzene rings is 1. The molecule has 3 N–H and O–H groups in total. The highest BCUT2D eigenvalue weighted by molar-refractivity contribution is 7.71. The minimum absolute atomic E-state index is 0.148. The van der Waals surface area contributed by atoms with Crippen LogP contribution in [-0.2, 0) is 0 Å². The number of nitrogen functional groups attached to an aromatic ring is 1. The summed E-state index contributed by atoms with van der Waals surface area (Å²) in [7, 11) is 0. The molecule has 1 aromatic carbocycles. The fraction of sp³-hybridized carbons (Fsp3) is 0.0909. The molecule has 2 rings (SSSR count). The second-order valence-corrected chi connectivity index (χ2v) is 4.00. The smallest absolute Gasteiger partial charge is 0.300 e. The predicted molar refractivity (Wildman–Crippen MR) is 71.4 cm³/mol. The minimum atomic E-state index is -0.476. The van der Waals surface area contributed by atoms with E-state index < -0.39 is 5.56 Å². The molecule has 1 heterocycles. The van der Waals surface area contributed by atoms with Crippen LogP contribution in [0.25, 0.3) is 0 Å². The molecular formula is C11H11N5OS. The van der Waals surface area contributed by atoms with Crippen LogP contribution in [0.1, 0.15) is 5.69 Å². The number of azo groups is 1. The number of aromatic nitrogens is 2. The summed E-state index contributed by atoms with van der Waals surface area (Å²) in [6.45, 7) is 1.69. The third-order valence-corrected chi connectivity index (χ3v) is 2.61. The predicted octanol–water partition coefficient (Wildman–Crippen LogP) is 2.34. The van der Waals surface area contributed by atoms with Crippen LogP contribution in [0.15, 0.2) is 45.4 Å². The summed E-state index contributed by atoms with van der Waals surface area (Å²) in [6.07, 6.45) is 0. The topological polar surface area (TPSA) is 88.5 Å². The Morgan fingerprint density at radius 1 is 1.28 bits per heavy atom. The number of aryl methyl sites for hydroxylation is 1. The normalized spacial score (nSPS) is 10.9. The van der Waals surface area contributed by atoms with E-state index in [2.05, 4.69) is 15.2 Å². The number of hydrogen-bond donors (Lipinski definition) is 2. The van der Waals surface area contributed by atoms with E-state index in [1.165, 1.54) is 0 Å². The number of rotatable bonds is 2. The van der Waals surface area contributed by atoms with Crippen molar-refractivity contribution in [2.45, 2.75) is 6.92 Å². The van der Waals surface area contributed by atoms with Gasteiger partial charge in [0.2, 0.25) is 0 Å². The summed E-state index contributed by atoms with van der Waals surface area (Å²) in [5, 5.41) is 7.88. The molecule has 0 radical (unpaired) electrons. The van der Waals surface area contributed by atoms with E-state index in [0.717, 1.165) is 4.68 Å². The van der Waals surface area contributed by atoms with E-state index in [-0.39, 0.29) is 10.5 Å². The Balaban J connectivity index is 2.48. The maximum atomic E-state index is 11.8. The van der Waals surface area contributed by atoms with Crippen LogP contribution >= 0.6 is 12.2 Å². The highest BCUT2D eigenvalue weighted by atomic mass is 32.1. The molecule has 0 aliphatic carbocycles. The van der Waals surface area contributed by atoms with Crippen molar-refractivity contribution in [1.82, 2.24) is 9.66 Å². The van der Waals surface area contributed by atoms with Crippen LogP contribution in [0.2, 0.25) is 0 Å². The summed E-state index contributed by atoms with van der Waals surface area (Å²) in [5.74, 6) is 5.49. The lowest BCUT2D eigenvalue weighted by Crippen LogP contribution is -2.29. The molecule has 0 unspecified atom stereocenters. The van der Waals surface area contributed by atoms with Crippen LogP contribution in [0.5, 0.6) is 0 Å². The van der Waals surface area contributed by atoms with E-state index in [9.17, 15) is 4.79 Å². The zero-order chi connectivity index (χ0) is 13.1. The van der Waals surface area contributed by atoms with Gasteiger partial charge in [-0.15, -0.1) is 5.11 Å². The second-order valence-electron chi connectivity index (χ2n) is 3.61. The summed E-state index contributed by atoms with van der Waals surface area (Å²) < 4.78 is 0.984. The second kappa shape index (κ2) is 4.92. The van der Waals surface area contributed by atoms with Gasteiger partial charge in [-0.25, -0.2) is 0 Å². The van der Waals surface area contributed by atoms with Crippen molar-refractivity contribution in [3.63, 3.8) is 0 Å². The van der Waals surface area contributed by atoms with Gasteiger partial charge in [-0.1, -0.05) is 18.2 Å². The van der Waals surface area contributed by atoms with Gasteiger partial charge in [0.15, 0.2) is 10.5 Å². The number of H-pyrrole nitrogens is 1. The first kappa shape index (κ1) is 12.2. The van der Waals surface area contributed by atoms with Crippen LogP contribution in [0, 0.1) is 11.7 Å². The van der Waals surface area contributed by atoms with E-state index in [1.807, 2.05) is 18.2 Å². The minimum Gasteiger partial charge on any atom is -0.334 e. The number of aromatic amines is 1. The number of nitrogens with zero attached hydrogens (tertiary/aromatic N) is 3. The van der Waals surface area contributed by atoms with Crippen molar-refractivity contribution in [3.8, 4) is 0 Å². The maximum Gasteiger partial charge on any atom is 0.300 e. The van der Waals surface area contributed by atoms with Crippen molar-refractivity contribution in [2.75, 3.05) is 5.84 Å². The molecule has 0 atom stereocenters. The van der Waals surface area contributed by atoms with Gasteiger partial charge >= 0.3 is 5.56 Å². The summed E-state index contributed by atoms with van der Waals surface area (Å²) in [5.41, 5.74) is 0.861. The summed E-state index contributed by atoms with van der Waals surface area (Å²) in [6, 6.07) is 9.11. The molecule has 0 aliphatic heterocycles. The van der Waals surface area contributed by atoms with E-state index in [4.69, 9.17) is 18.1 Å². The van der Waals surface area contributed by atoms with Gasteiger partial charge in [0, 0.05) is 5.69 Å². The average molecular weight is 261 g/mol. The highest BCUT2D eigenvalue weighted by Crippen LogP contribution is 2.16. The third kappa shape index (κ3) is 2.35. The molecular weight excluding hydrogens is 250 g/mol. The summed E-state index contributed by atoms with van der Waals surface area (Å²) in [4.78, 5) is 14.6. The Kier molecular flexibility index (Phi) is 3.33. The van der Waals surface area contributed by atoms with Gasteiger partial charge in [0.05, 0.1) is 5.69 Å². The van der Waals surface area contributed by atoms with Gasteiger partial charge in [-0.3, -0.25) is 4.79 Å². The van der Waals surface area contributed by atoms with E-state index in [0.29, 0.717) is 11.4 Å². The Labute approximate surface area is 108 Å². The van der Waals surface area contributed by atoms with Crippen LogP contribution < -0.4 is 11.4 Å². The molecule has 0 aliphatic rings. The standard InChI is InChI=1S/C11H11N5OS/c1-7-9(10(17)16(12)11(18)13-7)15-14-8-5-3-2-4-6-8/h2-6H,12H2,1H3,(H,13,18). The Bertz CT molecular complexity index is 702. The van der Waals surface area contributed by atoms with E-state index >= 15 is 0 Å². The van der Waals surface area contributed by atoms with Crippen molar-refractivity contribution < 1.29 is 0 Å². The van der Waals surface area contributed by atoms with Crippen molar-refractivity contribution in [3.05, 3.63) is 51.2 Å². The molecule has 2 aromatic rings. The van der Waals surface area contributed by atoms with Crippen LogP contribution in [0.4, 0.5) is 11.4 Å². The zero-order valence-electron chi connectivity index (χ0n) is 9.62. The largest absolute Gasteiger partial charge is 0.334 e. The van der Waals surface area contributed by atoms with Gasteiger partial charge in [-0.05, 0) is 31.3 Å². The lowest BCUT2D eigenvalue weighted by Gasteiger charge is -2.02. The maximum absolute atomic E-state index is 11.8. The van der Waals surface area contributed by atoms with Gasteiger partial charge < -0.3 is 10.8 Å². The third-order valence-electron chi connectivity index (χ3n) is 2.31. The number of nitrogens with one attached hydrogen (secondary N) is 1. The SMILES string of the molecule is Cc1[nH]c(=S)n(N)c(=O)c1N=Nc1ccccc1. The lowest BCUT2D eigenvalue weighted by atomic mass is 10.3. The van der Waals surface area contributed by atoms with Crippen molar-refractivity contribution >= 4 is 23.6 Å². The van der Waals surface area contributed by atoms with Gasteiger partial charge in [0.1, 0.15) is 0 Å². The van der Waals surface area contributed by atoms with Crippen LogP contribution in [0.3, 0.4) is 0 Å². The number of hydrogen-bond acceptors (Lipinski definition) is 5. The van der Waals surface area contributed by atoms with E-state index in [1.54, 1.807) is 19.1 Å². The molecule has 0 saturated heterocycles. The molecule has 0 amide bonds. The number of nitrogens with two attached hydrogens (primary N) is 1. The molecule has 0 fully saturated rings. The van der Waals surface area contributed by atoms with Crippen LogP contribution in [-0.4, -0.2) is 9.66 Å². The first-order valence-corrected chi connectivity index (χ1v) is 5.58. The fourth-order valence-corrected chi connectivity index (χ4v) is 1.60.